The minimum Gasteiger partial charge on any atom is -0.481 e. The summed E-state index contributed by atoms with van der Waals surface area (Å²) < 4.78 is 5.12. The third-order valence-corrected chi connectivity index (χ3v) is 2.08. The summed E-state index contributed by atoms with van der Waals surface area (Å²) in [5, 5.41) is 17.6. The summed E-state index contributed by atoms with van der Waals surface area (Å²) >= 11 is 0. The first-order valence-corrected chi connectivity index (χ1v) is 4.64. The summed E-state index contributed by atoms with van der Waals surface area (Å²) in [6, 6.07) is 0. The molecule has 0 aliphatic heterocycles. The number of hydrogen-bond acceptors (Lipinski definition) is 3. The Bertz CT molecular complexity index is 229. The van der Waals surface area contributed by atoms with E-state index in [0.717, 1.165) is 0 Å². The molecule has 0 aliphatic rings. The summed E-state index contributed by atoms with van der Waals surface area (Å²) in [6.45, 7) is 6.12. The molecular weight excluding hydrogens is 200 g/mol. The summed E-state index contributed by atoms with van der Waals surface area (Å²) in [5.74, 6) is -1.92. The van der Waals surface area contributed by atoms with Crippen molar-refractivity contribution in [3.63, 3.8) is 0 Å². The first-order chi connectivity index (χ1) is 6.59. The number of ether oxygens (including phenoxy) is 1. The van der Waals surface area contributed by atoms with Gasteiger partial charge in [0.05, 0.1) is 24.0 Å². The van der Waals surface area contributed by atoms with Crippen LogP contribution in [0.25, 0.3) is 0 Å². The van der Waals surface area contributed by atoms with E-state index in [1.54, 1.807) is 0 Å². The van der Waals surface area contributed by atoms with Crippen LogP contribution in [0.5, 0.6) is 0 Å². The van der Waals surface area contributed by atoms with Gasteiger partial charge >= 0.3 is 11.9 Å². The summed E-state index contributed by atoms with van der Waals surface area (Å²) in [7, 11) is 0. The van der Waals surface area contributed by atoms with Crippen molar-refractivity contribution in [3.05, 3.63) is 0 Å². The zero-order chi connectivity index (χ0) is 12.3. The number of rotatable bonds is 6. The van der Waals surface area contributed by atoms with Crippen molar-refractivity contribution in [3.8, 4) is 0 Å². The van der Waals surface area contributed by atoms with Gasteiger partial charge in [0.25, 0.3) is 0 Å². The molecule has 5 heteroatoms. The van der Waals surface area contributed by atoms with Crippen molar-refractivity contribution in [2.75, 3.05) is 13.2 Å². The number of aliphatic carboxylic acids is 2. The molecule has 0 saturated carbocycles. The van der Waals surface area contributed by atoms with E-state index >= 15 is 0 Å². The minimum atomic E-state index is -0.991. The number of carboxylic acid groups (broad SMARTS) is 2. The zero-order valence-corrected chi connectivity index (χ0v) is 9.53. The van der Waals surface area contributed by atoms with Gasteiger partial charge in [-0.2, -0.15) is 0 Å². The molecule has 0 atom stereocenters. The lowest BCUT2D eigenvalue weighted by Gasteiger charge is -2.23. The number of carbonyl (C=O) groups is 2. The van der Waals surface area contributed by atoms with Crippen molar-refractivity contribution < 1.29 is 24.5 Å². The van der Waals surface area contributed by atoms with E-state index in [1.807, 2.05) is 0 Å². The van der Waals surface area contributed by atoms with Gasteiger partial charge in [0, 0.05) is 0 Å². The van der Waals surface area contributed by atoms with Crippen LogP contribution in [-0.4, -0.2) is 35.4 Å². The van der Waals surface area contributed by atoms with Crippen LogP contribution in [0.2, 0.25) is 0 Å². The van der Waals surface area contributed by atoms with Crippen molar-refractivity contribution in [2.24, 2.45) is 10.8 Å². The molecule has 0 radical (unpaired) electrons. The van der Waals surface area contributed by atoms with Gasteiger partial charge in [-0.3, -0.25) is 9.59 Å². The van der Waals surface area contributed by atoms with Gasteiger partial charge in [0.15, 0.2) is 0 Å². The summed E-state index contributed by atoms with van der Waals surface area (Å²) in [4.78, 5) is 21.4. The molecule has 0 bridgehead atoms. The van der Waals surface area contributed by atoms with Crippen LogP contribution in [0.4, 0.5) is 0 Å². The van der Waals surface area contributed by atoms with Gasteiger partial charge in [0.1, 0.15) is 0 Å². The van der Waals surface area contributed by atoms with Crippen molar-refractivity contribution in [2.45, 2.75) is 27.7 Å². The quantitative estimate of drug-likeness (QED) is 0.700. The van der Waals surface area contributed by atoms with E-state index in [1.165, 1.54) is 27.7 Å². The molecule has 0 spiro atoms. The molecule has 15 heavy (non-hydrogen) atoms. The highest BCUT2D eigenvalue weighted by Crippen LogP contribution is 2.20. The molecule has 0 aromatic heterocycles. The van der Waals surface area contributed by atoms with Crippen LogP contribution in [0, 0.1) is 10.8 Å². The Kier molecular flexibility index (Phi) is 4.27. The Labute approximate surface area is 89.0 Å². The Balaban J connectivity index is 4.11. The molecule has 0 amide bonds. The number of carboxylic acids is 2. The lowest BCUT2D eigenvalue weighted by Crippen LogP contribution is -2.34. The van der Waals surface area contributed by atoms with Crippen molar-refractivity contribution in [1.29, 1.82) is 0 Å². The van der Waals surface area contributed by atoms with Crippen LogP contribution < -0.4 is 0 Å². The van der Waals surface area contributed by atoms with Gasteiger partial charge in [-0.1, -0.05) is 0 Å². The standard InChI is InChI=1S/C10H18O5/c1-9(2,7(11)12)5-15-6-10(3,4)8(13)14/h5-6H2,1-4H3,(H,11,12)(H,13,14). The second kappa shape index (κ2) is 4.61. The highest BCUT2D eigenvalue weighted by molar-refractivity contribution is 5.74. The molecule has 0 saturated heterocycles. The normalized spacial score (nSPS) is 12.5. The predicted octanol–water partition coefficient (Wildman–Crippen LogP) is 1.22. The van der Waals surface area contributed by atoms with E-state index in [0.29, 0.717) is 0 Å². The van der Waals surface area contributed by atoms with Gasteiger partial charge in [-0.25, -0.2) is 0 Å². The van der Waals surface area contributed by atoms with Crippen LogP contribution >= 0.6 is 0 Å². The lowest BCUT2D eigenvalue weighted by atomic mass is 9.93. The smallest absolute Gasteiger partial charge is 0.311 e. The average Bonchev–Trinajstić information content (AvgIpc) is 2.02. The third kappa shape index (κ3) is 4.29. The highest BCUT2D eigenvalue weighted by Gasteiger charge is 2.31. The fraction of sp³-hybridized carbons (Fsp3) is 0.800. The zero-order valence-electron chi connectivity index (χ0n) is 9.53. The number of hydrogen-bond donors (Lipinski definition) is 2. The average molecular weight is 218 g/mol. The molecule has 0 unspecified atom stereocenters. The van der Waals surface area contributed by atoms with Gasteiger partial charge < -0.3 is 14.9 Å². The van der Waals surface area contributed by atoms with Crippen LogP contribution in [0.15, 0.2) is 0 Å². The molecule has 0 aromatic carbocycles. The van der Waals surface area contributed by atoms with Crippen molar-refractivity contribution >= 4 is 11.9 Å². The lowest BCUT2D eigenvalue weighted by molar-refractivity contribution is -0.155. The second-order valence-corrected chi connectivity index (χ2v) is 4.87. The Morgan fingerprint density at radius 1 is 0.933 bits per heavy atom. The van der Waals surface area contributed by atoms with E-state index in [2.05, 4.69) is 0 Å². The molecule has 0 aromatic rings. The molecule has 0 aliphatic carbocycles. The van der Waals surface area contributed by atoms with E-state index in [-0.39, 0.29) is 13.2 Å². The topological polar surface area (TPSA) is 83.8 Å². The monoisotopic (exact) mass is 218 g/mol. The molecule has 88 valence electrons. The summed E-state index contributed by atoms with van der Waals surface area (Å²) in [6.07, 6.45) is 0. The minimum absolute atomic E-state index is 0.000949. The Morgan fingerprint density at radius 3 is 1.40 bits per heavy atom. The van der Waals surface area contributed by atoms with Crippen LogP contribution in [-0.2, 0) is 14.3 Å². The molecule has 5 nitrogen and oxygen atoms in total. The highest BCUT2D eigenvalue weighted by atomic mass is 16.5. The second-order valence-electron chi connectivity index (χ2n) is 4.87. The largest absolute Gasteiger partial charge is 0.481 e. The predicted molar refractivity (Wildman–Crippen MR) is 53.7 cm³/mol. The SMILES string of the molecule is CC(C)(COCC(C)(C)C(=O)O)C(=O)O. The molecule has 0 fully saturated rings. The van der Waals surface area contributed by atoms with Crippen LogP contribution in [0.3, 0.4) is 0 Å². The fourth-order valence-corrected chi connectivity index (χ4v) is 0.685. The molecule has 0 rings (SSSR count). The maximum Gasteiger partial charge on any atom is 0.311 e. The maximum atomic E-state index is 10.7. The van der Waals surface area contributed by atoms with E-state index in [4.69, 9.17) is 14.9 Å². The van der Waals surface area contributed by atoms with E-state index < -0.39 is 22.8 Å². The third-order valence-electron chi connectivity index (χ3n) is 2.08. The molecular formula is C10H18O5. The van der Waals surface area contributed by atoms with E-state index in [9.17, 15) is 9.59 Å². The molecule has 2 N–H and O–H groups in total. The first kappa shape index (κ1) is 13.9. The molecule has 0 heterocycles. The first-order valence-electron chi connectivity index (χ1n) is 4.64. The Morgan fingerprint density at radius 2 is 1.20 bits per heavy atom. The van der Waals surface area contributed by atoms with Gasteiger partial charge in [0.2, 0.25) is 0 Å². The van der Waals surface area contributed by atoms with Crippen molar-refractivity contribution in [1.82, 2.24) is 0 Å². The fourth-order valence-electron chi connectivity index (χ4n) is 0.685. The maximum absolute atomic E-state index is 10.7. The van der Waals surface area contributed by atoms with Gasteiger partial charge in [-0.05, 0) is 27.7 Å². The van der Waals surface area contributed by atoms with Crippen LogP contribution in [0.1, 0.15) is 27.7 Å². The summed E-state index contributed by atoms with van der Waals surface area (Å²) in [5.41, 5.74) is -1.98. The van der Waals surface area contributed by atoms with Gasteiger partial charge in [-0.15, -0.1) is 0 Å². The Hall–Kier alpha value is -1.10.